The Morgan fingerprint density at radius 3 is 2.73 bits per heavy atom. The van der Waals surface area contributed by atoms with Crippen molar-refractivity contribution in [2.24, 2.45) is 5.92 Å². The molecule has 2 heterocycles. The first-order chi connectivity index (χ1) is 16.1. The molecule has 1 amide bonds. The molecule has 2 N–H and O–H groups in total. The molecular weight excluding hydrogens is 436 g/mol. The second-order valence-electron chi connectivity index (χ2n) is 8.09. The highest BCUT2D eigenvalue weighted by Gasteiger charge is 2.19. The first kappa shape index (κ1) is 23.1. The SMILES string of the molecule is O=C(NCc1cc(Cl)ccn1)C1C=c2nc(CCCCCO)c(-c3ccccc3)nc2=CC1. The molecule has 0 spiro atoms. The quantitative estimate of drug-likeness (QED) is 0.477. The van der Waals surface area contributed by atoms with E-state index < -0.39 is 0 Å². The van der Waals surface area contributed by atoms with E-state index in [9.17, 15) is 4.79 Å². The molecule has 33 heavy (non-hydrogen) atoms. The Kier molecular flexibility index (Phi) is 7.81. The minimum Gasteiger partial charge on any atom is -0.396 e. The summed E-state index contributed by atoms with van der Waals surface area (Å²) in [6.45, 7) is 0.525. The first-order valence-corrected chi connectivity index (χ1v) is 11.7. The van der Waals surface area contributed by atoms with E-state index in [1.54, 1.807) is 18.3 Å². The van der Waals surface area contributed by atoms with Crippen LogP contribution < -0.4 is 16.0 Å². The predicted molar refractivity (Wildman–Crippen MR) is 129 cm³/mol. The molecule has 0 saturated heterocycles. The number of hydrogen-bond donors (Lipinski definition) is 2. The third-order valence-corrected chi connectivity index (χ3v) is 5.86. The second kappa shape index (κ2) is 11.2. The van der Waals surface area contributed by atoms with E-state index in [1.165, 1.54) is 0 Å². The number of rotatable bonds is 9. The van der Waals surface area contributed by atoms with Gasteiger partial charge in [0.1, 0.15) is 0 Å². The molecule has 0 radical (unpaired) electrons. The van der Waals surface area contributed by atoms with Crippen molar-refractivity contribution < 1.29 is 9.90 Å². The van der Waals surface area contributed by atoms with Crippen LogP contribution in [0.2, 0.25) is 5.02 Å². The lowest BCUT2D eigenvalue weighted by Gasteiger charge is -2.15. The molecule has 2 aromatic heterocycles. The van der Waals surface area contributed by atoms with Gasteiger partial charge in [-0.15, -0.1) is 0 Å². The molecule has 1 atom stereocenters. The van der Waals surface area contributed by atoms with Crippen LogP contribution in [-0.4, -0.2) is 32.6 Å². The number of unbranched alkanes of at least 4 members (excludes halogenated alkanes) is 2. The number of benzene rings is 1. The van der Waals surface area contributed by atoms with Gasteiger partial charge in [0.25, 0.3) is 0 Å². The monoisotopic (exact) mass is 462 g/mol. The standard InChI is InChI=1S/C26H27ClN4O2/c27-20-12-13-28-21(16-20)17-29-26(33)19-10-11-22-24(15-19)30-23(9-5-2-6-14-32)25(31-22)18-7-3-1-4-8-18/h1,3-4,7-8,11-13,15-16,19,32H,2,5-6,9-10,14,17H2,(H,29,33). The molecule has 7 heteroatoms. The number of aryl methyl sites for hydroxylation is 1. The van der Waals surface area contributed by atoms with Crippen LogP contribution in [0, 0.1) is 5.92 Å². The van der Waals surface area contributed by atoms with E-state index >= 15 is 0 Å². The van der Waals surface area contributed by atoms with Gasteiger partial charge < -0.3 is 10.4 Å². The minimum absolute atomic E-state index is 0.0721. The van der Waals surface area contributed by atoms with Gasteiger partial charge in [-0.1, -0.05) is 54.4 Å². The van der Waals surface area contributed by atoms with Gasteiger partial charge in [-0.25, -0.2) is 9.97 Å². The molecule has 0 bridgehead atoms. The van der Waals surface area contributed by atoms with Crippen LogP contribution in [0.5, 0.6) is 0 Å². The molecule has 0 fully saturated rings. The fourth-order valence-corrected chi connectivity index (χ4v) is 4.07. The van der Waals surface area contributed by atoms with E-state index in [4.69, 9.17) is 26.7 Å². The van der Waals surface area contributed by atoms with Crippen LogP contribution >= 0.6 is 11.6 Å². The maximum Gasteiger partial charge on any atom is 0.227 e. The Bertz CT molecular complexity index is 1230. The average molecular weight is 463 g/mol. The highest BCUT2D eigenvalue weighted by atomic mass is 35.5. The zero-order valence-electron chi connectivity index (χ0n) is 18.4. The van der Waals surface area contributed by atoms with Crippen LogP contribution in [0.25, 0.3) is 23.4 Å². The third-order valence-electron chi connectivity index (χ3n) is 5.63. The Labute approximate surface area is 198 Å². The lowest BCUT2D eigenvalue weighted by molar-refractivity contribution is -0.123. The topological polar surface area (TPSA) is 88.0 Å². The number of halogens is 1. The van der Waals surface area contributed by atoms with Crippen LogP contribution in [-0.2, 0) is 17.8 Å². The highest BCUT2D eigenvalue weighted by molar-refractivity contribution is 6.30. The first-order valence-electron chi connectivity index (χ1n) is 11.3. The normalized spacial score (nSPS) is 14.7. The van der Waals surface area contributed by atoms with E-state index in [0.29, 0.717) is 23.7 Å². The zero-order valence-corrected chi connectivity index (χ0v) is 19.1. The lowest BCUT2D eigenvalue weighted by Crippen LogP contribution is -2.40. The van der Waals surface area contributed by atoms with Crippen LogP contribution in [0.15, 0.2) is 48.7 Å². The molecule has 170 valence electrons. The highest BCUT2D eigenvalue weighted by Crippen LogP contribution is 2.20. The summed E-state index contributed by atoms with van der Waals surface area (Å²) in [5.74, 6) is -0.382. The van der Waals surface area contributed by atoms with Gasteiger partial charge in [-0.05, 0) is 43.9 Å². The Hall–Kier alpha value is -3.09. The summed E-state index contributed by atoms with van der Waals surface area (Å²) in [5.41, 5.74) is 3.56. The summed E-state index contributed by atoms with van der Waals surface area (Å²) in [4.78, 5) is 26.9. The van der Waals surface area contributed by atoms with E-state index in [-0.39, 0.29) is 18.4 Å². The summed E-state index contributed by atoms with van der Waals surface area (Å²) < 4.78 is 0. The Morgan fingerprint density at radius 1 is 1.09 bits per heavy atom. The number of amides is 1. The zero-order chi connectivity index (χ0) is 23.0. The number of pyridine rings is 1. The molecule has 4 rings (SSSR count). The van der Waals surface area contributed by atoms with Crippen molar-refractivity contribution in [1.82, 2.24) is 20.3 Å². The third kappa shape index (κ3) is 6.03. The number of aliphatic hydroxyl groups is 1. The van der Waals surface area contributed by atoms with E-state index in [1.807, 2.05) is 42.5 Å². The van der Waals surface area contributed by atoms with Crippen LogP contribution in [0.4, 0.5) is 0 Å². The van der Waals surface area contributed by atoms with E-state index in [0.717, 1.165) is 53.3 Å². The van der Waals surface area contributed by atoms with Gasteiger partial charge in [0.15, 0.2) is 0 Å². The van der Waals surface area contributed by atoms with Crippen molar-refractivity contribution in [1.29, 1.82) is 0 Å². The van der Waals surface area contributed by atoms with Crippen molar-refractivity contribution in [3.05, 3.63) is 75.8 Å². The van der Waals surface area contributed by atoms with Gasteiger partial charge >= 0.3 is 0 Å². The fraction of sp³-hybridized carbons (Fsp3) is 0.308. The van der Waals surface area contributed by atoms with Crippen molar-refractivity contribution in [3.63, 3.8) is 0 Å². The van der Waals surface area contributed by atoms with Crippen molar-refractivity contribution >= 4 is 29.7 Å². The number of nitrogens with one attached hydrogen (secondary N) is 1. The van der Waals surface area contributed by atoms with Crippen molar-refractivity contribution in [2.75, 3.05) is 6.61 Å². The minimum atomic E-state index is -0.309. The van der Waals surface area contributed by atoms with Gasteiger partial charge in [0.05, 0.1) is 40.2 Å². The second-order valence-corrected chi connectivity index (χ2v) is 8.52. The largest absolute Gasteiger partial charge is 0.396 e. The van der Waals surface area contributed by atoms with Crippen molar-refractivity contribution in [3.8, 4) is 11.3 Å². The van der Waals surface area contributed by atoms with Gasteiger partial charge in [0.2, 0.25) is 5.91 Å². The number of carbonyl (C=O) groups excluding carboxylic acids is 1. The summed E-state index contributed by atoms with van der Waals surface area (Å²) in [7, 11) is 0. The van der Waals surface area contributed by atoms with Crippen molar-refractivity contribution in [2.45, 2.75) is 38.6 Å². The maximum atomic E-state index is 12.8. The van der Waals surface area contributed by atoms with Crippen LogP contribution in [0.3, 0.4) is 0 Å². The van der Waals surface area contributed by atoms with Gasteiger partial charge in [0, 0.05) is 23.4 Å². The number of hydrogen-bond acceptors (Lipinski definition) is 5. The van der Waals surface area contributed by atoms with Gasteiger partial charge in [-0.3, -0.25) is 9.78 Å². The molecule has 1 aliphatic carbocycles. The predicted octanol–water partition coefficient (Wildman–Crippen LogP) is 2.79. The molecule has 0 aliphatic heterocycles. The molecule has 3 aromatic rings. The number of nitrogens with zero attached hydrogens (tertiary/aromatic N) is 3. The molecule has 1 aliphatic rings. The number of aliphatic hydroxyl groups excluding tert-OH is 1. The Balaban J connectivity index is 1.57. The smallest absolute Gasteiger partial charge is 0.227 e. The molecule has 1 unspecified atom stereocenters. The summed E-state index contributed by atoms with van der Waals surface area (Å²) in [6, 6.07) is 13.5. The van der Waals surface area contributed by atoms with E-state index in [2.05, 4.69) is 10.3 Å². The maximum absolute atomic E-state index is 12.8. The fourth-order valence-electron chi connectivity index (χ4n) is 3.89. The molecule has 1 aromatic carbocycles. The number of fused-ring (bicyclic) bond motifs is 1. The molecule has 0 saturated carbocycles. The average Bonchev–Trinajstić information content (AvgIpc) is 2.85. The summed E-state index contributed by atoms with van der Waals surface area (Å²) in [6.07, 6.45) is 9.51. The number of aromatic nitrogens is 3. The molecule has 6 nitrogen and oxygen atoms in total. The Morgan fingerprint density at radius 2 is 1.94 bits per heavy atom. The summed E-state index contributed by atoms with van der Waals surface area (Å²) in [5, 5.41) is 14.2. The lowest BCUT2D eigenvalue weighted by atomic mass is 9.99. The summed E-state index contributed by atoms with van der Waals surface area (Å²) >= 11 is 6.00. The number of carbonyl (C=O) groups is 1. The van der Waals surface area contributed by atoms with Gasteiger partial charge in [-0.2, -0.15) is 0 Å². The van der Waals surface area contributed by atoms with Crippen LogP contribution in [0.1, 0.15) is 37.1 Å². The molecular formula is C26H27ClN4O2.